The molecule has 0 amide bonds. The van der Waals surface area contributed by atoms with Gasteiger partial charge in [0.05, 0.1) is 0 Å². The number of benzene rings is 6. The highest BCUT2D eigenvalue weighted by molar-refractivity contribution is 7.29. The molecule has 0 atom stereocenters. The van der Waals surface area contributed by atoms with E-state index in [1.165, 1.54) is 187 Å². The molecule has 2 heteroatoms. The zero-order chi connectivity index (χ0) is 41.5. The Labute approximate surface area is 372 Å². The Bertz CT molecular complexity index is 2830. The van der Waals surface area contributed by atoms with E-state index < -0.39 is 0 Å². The van der Waals surface area contributed by atoms with Crippen LogP contribution in [-0.4, -0.2) is 0 Å². The summed E-state index contributed by atoms with van der Waals surface area (Å²) < 4.78 is 2.79. The fourth-order valence-electron chi connectivity index (χ4n) is 11.1. The average molecular weight is 833 g/mol. The first kappa shape index (κ1) is 40.3. The molecular formula is C59H60S2. The van der Waals surface area contributed by atoms with Gasteiger partial charge in [0.1, 0.15) is 0 Å². The first-order valence-electron chi connectivity index (χ1n) is 23.5. The highest BCUT2D eigenvalue weighted by Gasteiger charge is 2.42. The third-order valence-electron chi connectivity index (χ3n) is 14.1. The van der Waals surface area contributed by atoms with Gasteiger partial charge in [0, 0.05) is 24.6 Å². The van der Waals surface area contributed by atoms with Gasteiger partial charge in [-0.1, -0.05) is 169 Å². The second-order valence-electron chi connectivity index (χ2n) is 18.4. The van der Waals surface area contributed by atoms with E-state index >= 15 is 0 Å². The molecule has 2 heterocycles. The number of hydrogen-bond acceptors (Lipinski definition) is 2. The Morgan fingerprint density at radius 2 is 1.00 bits per heavy atom. The summed E-state index contributed by atoms with van der Waals surface area (Å²) in [5, 5.41) is 2.71. The zero-order valence-electron chi connectivity index (χ0n) is 36.8. The number of rotatable bonds is 17. The molecule has 0 radical (unpaired) electrons. The molecule has 61 heavy (non-hydrogen) atoms. The fourth-order valence-corrected chi connectivity index (χ4v) is 13.4. The Hall–Kier alpha value is -4.76. The Kier molecular flexibility index (Phi) is 11.4. The molecule has 0 saturated carbocycles. The lowest BCUT2D eigenvalue weighted by Crippen LogP contribution is -2.25. The highest BCUT2D eigenvalue weighted by Crippen LogP contribution is 2.56. The third-order valence-corrected chi connectivity index (χ3v) is 16.4. The van der Waals surface area contributed by atoms with Crippen molar-refractivity contribution in [2.45, 2.75) is 123 Å². The van der Waals surface area contributed by atoms with Crippen LogP contribution in [0.4, 0.5) is 0 Å². The van der Waals surface area contributed by atoms with Gasteiger partial charge in [-0.05, 0) is 158 Å². The van der Waals surface area contributed by atoms with Crippen LogP contribution in [0.5, 0.6) is 0 Å². The molecule has 0 fully saturated rings. The topological polar surface area (TPSA) is 0 Å². The fraction of sp³-hybridized carbons (Fsp3) is 0.322. The van der Waals surface area contributed by atoms with Gasteiger partial charge >= 0.3 is 0 Å². The number of aryl methyl sites for hydroxylation is 2. The van der Waals surface area contributed by atoms with E-state index in [9.17, 15) is 0 Å². The van der Waals surface area contributed by atoms with Crippen LogP contribution in [0, 0.1) is 13.8 Å². The summed E-state index contributed by atoms with van der Waals surface area (Å²) in [6.45, 7) is 9.19. The second kappa shape index (κ2) is 17.2. The van der Waals surface area contributed by atoms with E-state index in [1.54, 1.807) is 11.1 Å². The molecule has 0 aliphatic heterocycles. The summed E-state index contributed by atoms with van der Waals surface area (Å²) in [5.74, 6) is 0. The number of thiophene rings is 2. The number of unbranched alkanes of at least 4 members (excludes halogenated alkanes) is 10. The van der Waals surface area contributed by atoms with Gasteiger partial charge in [-0.3, -0.25) is 0 Å². The van der Waals surface area contributed by atoms with Crippen LogP contribution in [0.1, 0.15) is 125 Å². The van der Waals surface area contributed by atoms with E-state index in [0.29, 0.717) is 0 Å². The molecule has 2 aromatic heterocycles. The third kappa shape index (κ3) is 7.53. The van der Waals surface area contributed by atoms with E-state index in [0.717, 1.165) is 0 Å². The van der Waals surface area contributed by atoms with Crippen molar-refractivity contribution in [1.82, 2.24) is 0 Å². The first-order valence-corrected chi connectivity index (χ1v) is 25.2. The minimum absolute atomic E-state index is 0.0478. The molecule has 2 aliphatic rings. The maximum absolute atomic E-state index is 2.65. The van der Waals surface area contributed by atoms with Crippen molar-refractivity contribution < 1.29 is 0 Å². The van der Waals surface area contributed by atoms with Gasteiger partial charge in [0.25, 0.3) is 0 Å². The summed E-state index contributed by atoms with van der Waals surface area (Å²) in [5.41, 5.74) is 19.5. The number of hydrogen-bond donors (Lipinski definition) is 0. The highest BCUT2D eigenvalue weighted by atomic mass is 32.1. The predicted molar refractivity (Wildman–Crippen MR) is 270 cm³/mol. The molecule has 0 unspecified atom stereocenters. The van der Waals surface area contributed by atoms with Crippen molar-refractivity contribution >= 4 is 42.8 Å². The summed E-state index contributed by atoms with van der Waals surface area (Å²) >= 11 is 3.86. The molecule has 0 spiro atoms. The lowest BCUT2D eigenvalue weighted by Gasteiger charge is -2.33. The van der Waals surface area contributed by atoms with Crippen LogP contribution in [0.25, 0.3) is 86.2 Å². The summed E-state index contributed by atoms with van der Waals surface area (Å²) in [6.07, 6.45) is 18.5. The van der Waals surface area contributed by atoms with Crippen molar-refractivity contribution in [3.63, 3.8) is 0 Å². The molecule has 2 aliphatic carbocycles. The van der Waals surface area contributed by atoms with Gasteiger partial charge in [-0.15, -0.1) is 22.7 Å². The predicted octanol–water partition coefficient (Wildman–Crippen LogP) is 19.1. The van der Waals surface area contributed by atoms with E-state index in [2.05, 4.69) is 149 Å². The summed E-state index contributed by atoms with van der Waals surface area (Å²) in [7, 11) is 0. The lowest BCUT2D eigenvalue weighted by molar-refractivity contribution is 0.398. The van der Waals surface area contributed by atoms with E-state index in [1.807, 2.05) is 22.7 Å². The van der Waals surface area contributed by atoms with Gasteiger partial charge < -0.3 is 0 Å². The van der Waals surface area contributed by atoms with Gasteiger partial charge in [0.15, 0.2) is 0 Å². The quantitative estimate of drug-likeness (QED) is 0.0802. The van der Waals surface area contributed by atoms with E-state index in [-0.39, 0.29) is 5.41 Å². The van der Waals surface area contributed by atoms with Crippen molar-refractivity contribution in [2.75, 3.05) is 0 Å². The smallest absolute Gasteiger partial charge is 0.0459 e. The molecule has 6 aromatic carbocycles. The van der Waals surface area contributed by atoms with Crippen LogP contribution in [-0.2, 0) is 5.41 Å². The minimum atomic E-state index is 0.0478. The van der Waals surface area contributed by atoms with Crippen LogP contribution in [0.2, 0.25) is 0 Å². The normalized spacial score (nSPS) is 13.3. The average Bonchev–Trinajstić information content (AvgIpc) is 4.01. The van der Waals surface area contributed by atoms with Crippen LogP contribution in [0.3, 0.4) is 0 Å². The largest absolute Gasteiger partial charge is 0.140 e. The summed E-state index contributed by atoms with van der Waals surface area (Å²) in [6, 6.07) is 48.0. The van der Waals surface area contributed by atoms with Crippen LogP contribution >= 0.6 is 22.7 Å². The van der Waals surface area contributed by atoms with Crippen molar-refractivity contribution in [3.05, 3.63) is 143 Å². The monoisotopic (exact) mass is 832 g/mol. The standard InChI is InChI=1S/C59H60S2/c1-5-7-9-11-13-17-28-59(29-18-14-12-10-8-6-2)53-30-39(3)24-26-49(53)50-27-25-41(37-54(50)59)43-33-44(35-46(34-43)55-38-57-56(61-55)31-40(4)60-57)45-32-42-20-19-23-51-47-21-15-16-22-48(47)52(36-45)58(42)51/h15-16,19-27,30-38H,5-14,17-18,28-29H2,1-4H3. The van der Waals surface area contributed by atoms with Gasteiger partial charge in [-0.25, -0.2) is 0 Å². The SMILES string of the molecule is CCCCCCCCC1(CCCCCCCC)c2cc(C)ccc2-c2ccc(-c3cc(-c4cc5c6c(cccc6c4)-c4ccccc4-5)cc(-c4cc5sc(C)cc5s4)c3)cc21. The molecule has 308 valence electrons. The van der Waals surface area contributed by atoms with Crippen molar-refractivity contribution in [2.24, 2.45) is 0 Å². The maximum atomic E-state index is 2.65. The summed E-state index contributed by atoms with van der Waals surface area (Å²) in [4.78, 5) is 2.74. The lowest BCUT2D eigenvalue weighted by atomic mass is 9.70. The minimum Gasteiger partial charge on any atom is -0.140 e. The second-order valence-corrected chi connectivity index (χ2v) is 20.8. The number of fused-ring (bicyclic) bond motifs is 7. The Morgan fingerprint density at radius 1 is 0.410 bits per heavy atom. The molecule has 0 bridgehead atoms. The van der Waals surface area contributed by atoms with Crippen molar-refractivity contribution in [1.29, 1.82) is 0 Å². The van der Waals surface area contributed by atoms with Crippen LogP contribution in [0.15, 0.2) is 121 Å². The van der Waals surface area contributed by atoms with Gasteiger partial charge in [-0.2, -0.15) is 0 Å². The first-order chi connectivity index (χ1) is 29.9. The molecule has 0 saturated heterocycles. The molecule has 10 rings (SSSR count). The van der Waals surface area contributed by atoms with Crippen molar-refractivity contribution in [3.8, 4) is 66.1 Å². The Balaban J connectivity index is 1.11. The van der Waals surface area contributed by atoms with Crippen LogP contribution < -0.4 is 0 Å². The molecule has 0 N–H and O–H groups in total. The zero-order valence-corrected chi connectivity index (χ0v) is 38.4. The maximum Gasteiger partial charge on any atom is 0.0459 e. The van der Waals surface area contributed by atoms with E-state index in [4.69, 9.17) is 0 Å². The molecule has 8 aromatic rings. The molecule has 0 nitrogen and oxygen atoms in total. The Morgan fingerprint density at radius 3 is 1.72 bits per heavy atom. The molecular weight excluding hydrogens is 773 g/mol. The van der Waals surface area contributed by atoms with Gasteiger partial charge in [0.2, 0.25) is 0 Å².